The molecule has 1 fully saturated rings. The topological polar surface area (TPSA) is 76.0 Å². The zero-order chi connectivity index (χ0) is 16.0. The molecular weight excluding hydrogens is 272 g/mol. The average Bonchev–Trinajstić information content (AvgIpc) is 2.46. The first kappa shape index (κ1) is 18.1. The van der Waals surface area contributed by atoms with Gasteiger partial charge < -0.3 is 19.7 Å². The Bertz CT molecular complexity index is 353. The number of aliphatic hydroxyl groups is 2. The van der Waals surface area contributed by atoms with E-state index in [1.54, 1.807) is 0 Å². The Morgan fingerprint density at radius 3 is 2.67 bits per heavy atom. The molecule has 0 aromatic heterocycles. The highest BCUT2D eigenvalue weighted by Crippen LogP contribution is 2.30. The Morgan fingerprint density at radius 1 is 1.48 bits per heavy atom. The second-order valence-corrected chi connectivity index (χ2v) is 6.45. The zero-order valence-electron chi connectivity index (χ0n) is 13.2. The average molecular weight is 300 g/mol. The van der Waals surface area contributed by atoms with Gasteiger partial charge in [-0.15, -0.1) is 0 Å². The lowest BCUT2D eigenvalue weighted by Gasteiger charge is -2.34. The van der Waals surface area contributed by atoms with E-state index in [9.17, 15) is 15.0 Å². The number of carbonyl (C=O) groups is 1. The first-order chi connectivity index (χ1) is 9.80. The largest absolute Gasteiger partial charge is 0.456 e. The third-order valence-electron chi connectivity index (χ3n) is 4.37. The Morgan fingerprint density at radius 2 is 2.14 bits per heavy atom. The van der Waals surface area contributed by atoms with Crippen molar-refractivity contribution in [3.8, 4) is 0 Å². The molecule has 0 aromatic rings. The molecule has 0 heterocycles. The molecule has 0 aromatic carbocycles. The van der Waals surface area contributed by atoms with Gasteiger partial charge in [-0.25, -0.2) is 4.79 Å². The summed E-state index contributed by atoms with van der Waals surface area (Å²) in [6.07, 6.45) is 1.86. The first-order valence-corrected chi connectivity index (χ1v) is 7.61. The molecule has 21 heavy (non-hydrogen) atoms. The van der Waals surface area contributed by atoms with Gasteiger partial charge in [0.15, 0.2) is 6.29 Å². The van der Waals surface area contributed by atoms with E-state index in [-0.39, 0.29) is 11.3 Å². The van der Waals surface area contributed by atoms with Crippen molar-refractivity contribution in [1.82, 2.24) is 0 Å². The summed E-state index contributed by atoms with van der Waals surface area (Å²) in [6, 6.07) is 0. The predicted octanol–water partition coefficient (Wildman–Crippen LogP) is 2.02. The highest BCUT2D eigenvalue weighted by Gasteiger charge is 2.33. The molecule has 0 aliphatic heterocycles. The molecule has 0 spiro atoms. The molecule has 0 amide bonds. The van der Waals surface area contributed by atoms with Gasteiger partial charge in [-0.2, -0.15) is 0 Å². The van der Waals surface area contributed by atoms with Crippen LogP contribution in [0.4, 0.5) is 0 Å². The number of ether oxygens (including phenoxy) is 2. The van der Waals surface area contributed by atoms with Gasteiger partial charge in [0.1, 0.15) is 6.10 Å². The lowest BCUT2D eigenvalue weighted by Crippen LogP contribution is -2.39. The summed E-state index contributed by atoms with van der Waals surface area (Å²) in [6.45, 7) is 9.67. The van der Waals surface area contributed by atoms with Crippen molar-refractivity contribution in [1.29, 1.82) is 0 Å². The van der Waals surface area contributed by atoms with Crippen LogP contribution in [0.15, 0.2) is 12.7 Å². The predicted molar refractivity (Wildman–Crippen MR) is 79.5 cm³/mol. The summed E-state index contributed by atoms with van der Waals surface area (Å²) < 4.78 is 10.6. The molecule has 2 N–H and O–H groups in total. The van der Waals surface area contributed by atoms with Crippen molar-refractivity contribution in [2.45, 2.75) is 65.0 Å². The fourth-order valence-electron chi connectivity index (χ4n) is 2.32. The fourth-order valence-corrected chi connectivity index (χ4v) is 2.32. The van der Waals surface area contributed by atoms with Gasteiger partial charge in [0.05, 0.1) is 12.7 Å². The van der Waals surface area contributed by atoms with Crippen LogP contribution < -0.4 is 0 Å². The number of hydrogen-bond acceptors (Lipinski definition) is 5. The maximum atomic E-state index is 11.2. The monoisotopic (exact) mass is 300 g/mol. The standard InChI is InChI=1S/C16H28O5/c1-5-14(18)21-13-8-7-11(9-12(13)17)10-20-15(19)16(3,4)6-2/h5,11-13,15,17,19H,1,6-10H2,2-4H3. The second-order valence-electron chi connectivity index (χ2n) is 6.45. The third-order valence-corrected chi connectivity index (χ3v) is 4.37. The van der Waals surface area contributed by atoms with E-state index >= 15 is 0 Å². The molecular formula is C16H28O5. The number of aliphatic hydroxyl groups excluding tert-OH is 2. The van der Waals surface area contributed by atoms with E-state index in [1.807, 2.05) is 20.8 Å². The Labute approximate surface area is 126 Å². The summed E-state index contributed by atoms with van der Waals surface area (Å²) >= 11 is 0. The van der Waals surface area contributed by atoms with Crippen LogP contribution in [0.2, 0.25) is 0 Å². The van der Waals surface area contributed by atoms with Crippen molar-refractivity contribution in [2.24, 2.45) is 11.3 Å². The Kier molecular flexibility index (Phi) is 6.84. The molecule has 0 radical (unpaired) electrons. The van der Waals surface area contributed by atoms with Crippen LogP contribution in [-0.2, 0) is 14.3 Å². The van der Waals surface area contributed by atoms with Crippen LogP contribution in [0, 0.1) is 11.3 Å². The second kappa shape index (κ2) is 7.92. The highest BCUT2D eigenvalue weighted by atomic mass is 16.6. The number of esters is 1. The van der Waals surface area contributed by atoms with E-state index in [4.69, 9.17) is 9.47 Å². The first-order valence-electron chi connectivity index (χ1n) is 7.61. The maximum Gasteiger partial charge on any atom is 0.330 e. The Balaban J connectivity index is 2.38. The molecule has 1 saturated carbocycles. The number of hydrogen-bond donors (Lipinski definition) is 2. The molecule has 1 aliphatic carbocycles. The SMILES string of the molecule is C=CC(=O)OC1CCC(COC(O)C(C)(C)CC)CC1O. The minimum atomic E-state index is -0.809. The van der Waals surface area contributed by atoms with Gasteiger partial charge >= 0.3 is 5.97 Å². The number of carbonyl (C=O) groups excluding carboxylic acids is 1. The van der Waals surface area contributed by atoms with Crippen LogP contribution in [-0.4, -0.2) is 41.3 Å². The number of rotatable bonds is 7. The molecule has 5 nitrogen and oxygen atoms in total. The summed E-state index contributed by atoms with van der Waals surface area (Å²) in [5.74, 6) is -0.338. The van der Waals surface area contributed by atoms with E-state index in [0.717, 1.165) is 18.9 Å². The van der Waals surface area contributed by atoms with E-state index in [0.29, 0.717) is 19.4 Å². The van der Waals surface area contributed by atoms with Gasteiger partial charge in [-0.3, -0.25) is 0 Å². The highest BCUT2D eigenvalue weighted by molar-refractivity contribution is 5.81. The summed E-state index contributed by atoms with van der Waals surface area (Å²) in [4.78, 5) is 11.2. The molecule has 0 bridgehead atoms. The van der Waals surface area contributed by atoms with Crippen molar-refractivity contribution in [2.75, 3.05) is 6.61 Å². The molecule has 1 rings (SSSR count). The van der Waals surface area contributed by atoms with E-state index in [1.165, 1.54) is 0 Å². The summed E-state index contributed by atoms with van der Waals surface area (Å²) in [7, 11) is 0. The van der Waals surface area contributed by atoms with Gasteiger partial charge in [0.25, 0.3) is 0 Å². The quantitative estimate of drug-likeness (QED) is 0.427. The van der Waals surface area contributed by atoms with Gasteiger partial charge in [0, 0.05) is 11.5 Å². The summed E-state index contributed by atoms with van der Waals surface area (Å²) in [5.41, 5.74) is -0.282. The Hall–Kier alpha value is -0.910. The van der Waals surface area contributed by atoms with Crippen molar-refractivity contribution < 1.29 is 24.5 Å². The van der Waals surface area contributed by atoms with E-state index < -0.39 is 24.5 Å². The summed E-state index contributed by atoms with van der Waals surface area (Å²) in [5, 5.41) is 20.0. The van der Waals surface area contributed by atoms with Crippen LogP contribution in [0.3, 0.4) is 0 Å². The third kappa shape index (κ3) is 5.41. The molecule has 5 heteroatoms. The van der Waals surface area contributed by atoms with Crippen LogP contribution in [0.1, 0.15) is 46.5 Å². The minimum Gasteiger partial charge on any atom is -0.456 e. The van der Waals surface area contributed by atoms with Crippen molar-refractivity contribution >= 4 is 5.97 Å². The maximum absolute atomic E-state index is 11.2. The lowest BCUT2D eigenvalue weighted by atomic mass is 9.85. The fraction of sp³-hybridized carbons (Fsp3) is 0.812. The molecule has 4 atom stereocenters. The van der Waals surface area contributed by atoms with Gasteiger partial charge in [0.2, 0.25) is 0 Å². The minimum absolute atomic E-state index is 0.168. The molecule has 4 unspecified atom stereocenters. The molecule has 0 saturated heterocycles. The van der Waals surface area contributed by atoms with E-state index in [2.05, 4.69) is 6.58 Å². The molecule has 122 valence electrons. The van der Waals surface area contributed by atoms with Crippen LogP contribution >= 0.6 is 0 Å². The smallest absolute Gasteiger partial charge is 0.330 e. The van der Waals surface area contributed by atoms with Gasteiger partial charge in [-0.1, -0.05) is 27.4 Å². The van der Waals surface area contributed by atoms with Crippen molar-refractivity contribution in [3.05, 3.63) is 12.7 Å². The molecule has 1 aliphatic rings. The lowest BCUT2D eigenvalue weighted by molar-refractivity contribution is -0.180. The van der Waals surface area contributed by atoms with Crippen LogP contribution in [0.5, 0.6) is 0 Å². The van der Waals surface area contributed by atoms with Crippen molar-refractivity contribution in [3.63, 3.8) is 0 Å². The van der Waals surface area contributed by atoms with Gasteiger partial charge in [-0.05, 0) is 31.6 Å². The van der Waals surface area contributed by atoms with Crippen LogP contribution in [0.25, 0.3) is 0 Å². The zero-order valence-corrected chi connectivity index (χ0v) is 13.2. The normalized spacial score (nSPS) is 28.0.